The Morgan fingerprint density at radius 1 is 1.07 bits per heavy atom. The van der Waals surface area contributed by atoms with Gasteiger partial charge in [-0.05, 0) is 20.8 Å². The highest BCUT2D eigenvalue weighted by molar-refractivity contribution is 5.35. The van der Waals surface area contributed by atoms with E-state index in [0.717, 1.165) is 0 Å². The van der Waals surface area contributed by atoms with Gasteiger partial charge in [0, 0.05) is 0 Å². The first-order valence-electron chi connectivity index (χ1n) is 5.26. The quantitative estimate of drug-likeness (QED) is 0.298. The third-order valence-corrected chi connectivity index (χ3v) is 1.29. The summed E-state index contributed by atoms with van der Waals surface area (Å²) in [5, 5.41) is 0. The fraction of sp³-hybridized carbons (Fsp3) is 0.909. The molecule has 0 aliphatic rings. The van der Waals surface area contributed by atoms with Gasteiger partial charge < -0.3 is 4.89 Å². The zero-order valence-corrected chi connectivity index (χ0v) is 10.1. The number of carbonyl (C=O) groups is 1. The maximum Gasteiger partial charge on any atom is 0.330 e. The van der Waals surface area contributed by atoms with Crippen LogP contribution in [0.25, 0.3) is 0 Å². The van der Waals surface area contributed by atoms with Crippen molar-refractivity contribution < 1.29 is 14.6 Å². The van der Waals surface area contributed by atoms with Crippen LogP contribution in [0.1, 0.15) is 60.3 Å². The number of hydrogen-bond acceptors (Lipinski definition) is 3. The van der Waals surface area contributed by atoms with Crippen molar-refractivity contribution in [2.75, 3.05) is 0 Å². The van der Waals surface area contributed by atoms with E-state index in [2.05, 4.69) is 23.6 Å². The molecule has 0 spiro atoms. The molecule has 0 aliphatic carbocycles. The predicted octanol–water partition coefficient (Wildman–Crippen LogP) is 3.48. The molecule has 86 valence electrons. The van der Waals surface area contributed by atoms with Crippen LogP contribution in [0.3, 0.4) is 0 Å². The van der Waals surface area contributed by atoms with Gasteiger partial charge in [0.2, 0.25) is 0 Å². The monoisotopic (exact) mass is 204 g/mol. The van der Waals surface area contributed by atoms with Crippen LogP contribution in [-0.2, 0) is 14.6 Å². The fourth-order valence-corrected chi connectivity index (χ4v) is 0.664. The summed E-state index contributed by atoms with van der Waals surface area (Å²) >= 11 is 0. The van der Waals surface area contributed by atoms with E-state index in [9.17, 15) is 4.79 Å². The third-order valence-electron chi connectivity index (χ3n) is 1.29. The van der Waals surface area contributed by atoms with Crippen molar-refractivity contribution in [3.63, 3.8) is 0 Å². The molecule has 0 fully saturated rings. The molecule has 14 heavy (non-hydrogen) atoms. The predicted molar refractivity (Wildman–Crippen MR) is 57.8 cm³/mol. The molecule has 0 aliphatic heterocycles. The minimum Gasteiger partial charge on any atom is -0.301 e. The summed E-state index contributed by atoms with van der Waals surface area (Å²) in [6, 6.07) is 0. The summed E-state index contributed by atoms with van der Waals surface area (Å²) in [7, 11) is 0. The third kappa shape index (κ3) is 22.5. The summed E-state index contributed by atoms with van der Waals surface area (Å²) in [5.41, 5.74) is -0.402. The molecular weight excluding hydrogens is 180 g/mol. The Morgan fingerprint density at radius 3 is 1.64 bits per heavy atom. The summed E-state index contributed by atoms with van der Waals surface area (Å²) in [6.07, 6.45) is 5.54. The highest BCUT2D eigenvalue weighted by Gasteiger charge is 2.10. The lowest BCUT2D eigenvalue weighted by molar-refractivity contribution is -0.310. The molecule has 0 heterocycles. The van der Waals surface area contributed by atoms with Crippen molar-refractivity contribution in [2.24, 2.45) is 0 Å². The summed E-state index contributed by atoms with van der Waals surface area (Å²) in [5.74, 6) is 0. The zero-order chi connectivity index (χ0) is 11.4. The standard InChI is InChI=1S/C6H14.C5H10O3/c1-3-5-6-4-2;1-5(2,3)8-7-4-6/h3-6H2,1-2H3;4H,1-3H3. The largest absolute Gasteiger partial charge is 0.330 e. The molecule has 0 aromatic heterocycles. The number of carbonyl (C=O) groups excluding carboxylic acids is 1. The van der Waals surface area contributed by atoms with E-state index in [1.807, 2.05) is 0 Å². The number of unbranched alkanes of at least 4 members (excludes halogenated alkanes) is 3. The maximum atomic E-state index is 9.50. The maximum absolute atomic E-state index is 9.50. The molecule has 3 nitrogen and oxygen atoms in total. The van der Waals surface area contributed by atoms with Gasteiger partial charge in [0.1, 0.15) is 5.60 Å². The zero-order valence-electron chi connectivity index (χ0n) is 10.1. The van der Waals surface area contributed by atoms with Gasteiger partial charge in [0.15, 0.2) is 0 Å². The molecule has 0 aromatic rings. The topological polar surface area (TPSA) is 35.5 Å². The van der Waals surface area contributed by atoms with Crippen molar-refractivity contribution in [1.82, 2.24) is 0 Å². The van der Waals surface area contributed by atoms with Crippen LogP contribution in [0.2, 0.25) is 0 Å². The van der Waals surface area contributed by atoms with E-state index in [1.165, 1.54) is 25.7 Å². The molecule has 3 heteroatoms. The second kappa shape index (κ2) is 10.5. The van der Waals surface area contributed by atoms with Gasteiger partial charge in [0.05, 0.1) is 0 Å². The first-order chi connectivity index (χ1) is 6.47. The van der Waals surface area contributed by atoms with E-state index in [-0.39, 0.29) is 6.47 Å². The lowest BCUT2D eigenvalue weighted by Crippen LogP contribution is -2.18. The van der Waals surface area contributed by atoms with Gasteiger partial charge in [-0.2, -0.15) is 4.89 Å². The van der Waals surface area contributed by atoms with Crippen LogP contribution in [0.4, 0.5) is 0 Å². The molecule has 0 amide bonds. The van der Waals surface area contributed by atoms with Crippen LogP contribution in [0.15, 0.2) is 0 Å². The molecule has 0 bridgehead atoms. The van der Waals surface area contributed by atoms with E-state index in [0.29, 0.717) is 0 Å². The van der Waals surface area contributed by atoms with Crippen molar-refractivity contribution >= 4 is 6.47 Å². The lowest BCUT2D eigenvalue weighted by atomic mass is 10.2. The molecular formula is C11H24O3. The molecule has 0 radical (unpaired) electrons. The van der Waals surface area contributed by atoms with Gasteiger partial charge in [-0.25, -0.2) is 0 Å². The Morgan fingerprint density at radius 2 is 1.50 bits per heavy atom. The van der Waals surface area contributed by atoms with Crippen molar-refractivity contribution in [2.45, 2.75) is 65.9 Å². The second-order valence-electron chi connectivity index (χ2n) is 4.10. The highest BCUT2D eigenvalue weighted by atomic mass is 17.2. The minimum absolute atomic E-state index is 0.255. The van der Waals surface area contributed by atoms with E-state index >= 15 is 0 Å². The molecule has 0 unspecified atom stereocenters. The average molecular weight is 204 g/mol. The average Bonchev–Trinajstić information content (AvgIpc) is 2.11. The van der Waals surface area contributed by atoms with Crippen LogP contribution in [0, 0.1) is 0 Å². The van der Waals surface area contributed by atoms with Crippen LogP contribution >= 0.6 is 0 Å². The fourth-order valence-electron chi connectivity index (χ4n) is 0.664. The molecule has 0 N–H and O–H groups in total. The SMILES string of the molecule is CC(C)(C)OOC=O.CCCCCC. The highest BCUT2D eigenvalue weighted by Crippen LogP contribution is 2.05. The van der Waals surface area contributed by atoms with E-state index in [1.54, 1.807) is 20.8 Å². The Labute approximate surface area is 87.7 Å². The van der Waals surface area contributed by atoms with Crippen LogP contribution < -0.4 is 0 Å². The molecule has 0 atom stereocenters. The normalized spacial score (nSPS) is 10.1. The van der Waals surface area contributed by atoms with Crippen molar-refractivity contribution in [1.29, 1.82) is 0 Å². The summed E-state index contributed by atoms with van der Waals surface area (Å²) in [4.78, 5) is 18.0. The van der Waals surface area contributed by atoms with Gasteiger partial charge in [-0.1, -0.05) is 39.5 Å². The van der Waals surface area contributed by atoms with Gasteiger partial charge in [-0.3, -0.25) is 4.79 Å². The molecule has 0 saturated heterocycles. The lowest BCUT2D eigenvalue weighted by Gasteiger charge is -2.13. The van der Waals surface area contributed by atoms with Gasteiger partial charge in [0.25, 0.3) is 0 Å². The van der Waals surface area contributed by atoms with E-state index in [4.69, 9.17) is 0 Å². The summed E-state index contributed by atoms with van der Waals surface area (Å²) < 4.78 is 0. The van der Waals surface area contributed by atoms with Gasteiger partial charge >= 0.3 is 6.47 Å². The number of rotatable bonds is 5. The van der Waals surface area contributed by atoms with Crippen molar-refractivity contribution in [3.8, 4) is 0 Å². The number of hydrogen-bond donors (Lipinski definition) is 0. The van der Waals surface area contributed by atoms with Crippen molar-refractivity contribution in [3.05, 3.63) is 0 Å². The Kier molecular flexibility index (Phi) is 11.9. The molecule has 0 aromatic carbocycles. The Hall–Kier alpha value is -0.570. The minimum atomic E-state index is -0.402. The van der Waals surface area contributed by atoms with E-state index < -0.39 is 5.60 Å². The van der Waals surface area contributed by atoms with Crippen LogP contribution in [-0.4, -0.2) is 12.1 Å². The Balaban J connectivity index is 0. The van der Waals surface area contributed by atoms with Gasteiger partial charge in [-0.15, -0.1) is 0 Å². The Bertz CT molecular complexity index is 112. The van der Waals surface area contributed by atoms with Crippen LogP contribution in [0.5, 0.6) is 0 Å². The second-order valence-corrected chi connectivity index (χ2v) is 4.10. The first kappa shape index (κ1) is 15.9. The molecule has 0 saturated carbocycles. The molecule has 0 rings (SSSR count). The first-order valence-corrected chi connectivity index (χ1v) is 5.26. The summed E-state index contributed by atoms with van der Waals surface area (Å²) in [6.45, 7) is 10.1. The smallest absolute Gasteiger partial charge is 0.301 e.